The third kappa shape index (κ3) is 4.38. The van der Waals surface area contributed by atoms with Crippen molar-refractivity contribution in [2.75, 3.05) is 13.7 Å². The van der Waals surface area contributed by atoms with Crippen LogP contribution in [-0.2, 0) is 11.2 Å². The zero-order valence-corrected chi connectivity index (χ0v) is 17.2. The van der Waals surface area contributed by atoms with Gasteiger partial charge in [0.2, 0.25) is 5.91 Å². The Kier molecular flexibility index (Phi) is 6.40. The average molecular weight is 379 g/mol. The van der Waals surface area contributed by atoms with E-state index in [1.165, 1.54) is 10.9 Å². The number of amides is 1. The number of carbonyl (C=O) groups excluding carboxylic acids is 1. The van der Waals surface area contributed by atoms with Gasteiger partial charge in [-0.25, -0.2) is 0 Å². The number of aromatic nitrogens is 1. The van der Waals surface area contributed by atoms with Crippen LogP contribution in [-0.4, -0.2) is 24.5 Å². The van der Waals surface area contributed by atoms with Gasteiger partial charge in [0.05, 0.1) is 7.11 Å². The summed E-state index contributed by atoms with van der Waals surface area (Å²) in [7, 11) is 1.67. The number of aryl methyl sites for hydroxylation is 1. The SMILES string of the molecule is CCc1cccc2c(C(CC(=O)NCC(C)C)c3cccc(OC)c3)c[nH]c12. The third-order valence-electron chi connectivity index (χ3n) is 5.18. The molecule has 0 spiro atoms. The van der Waals surface area contributed by atoms with E-state index in [0.717, 1.165) is 28.8 Å². The van der Waals surface area contributed by atoms with Gasteiger partial charge in [0.15, 0.2) is 0 Å². The van der Waals surface area contributed by atoms with Crippen LogP contribution in [0.3, 0.4) is 0 Å². The minimum atomic E-state index is -0.0388. The fraction of sp³-hybridized carbons (Fsp3) is 0.375. The van der Waals surface area contributed by atoms with Crippen LogP contribution in [0.2, 0.25) is 0 Å². The van der Waals surface area contributed by atoms with Crippen molar-refractivity contribution in [2.24, 2.45) is 5.92 Å². The Morgan fingerprint density at radius 3 is 2.68 bits per heavy atom. The van der Waals surface area contributed by atoms with Gasteiger partial charge in [0.25, 0.3) is 0 Å². The number of carbonyl (C=O) groups is 1. The van der Waals surface area contributed by atoms with E-state index < -0.39 is 0 Å². The van der Waals surface area contributed by atoms with Crippen molar-refractivity contribution < 1.29 is 9.53 Å². The first-order valence-corrected chi connectivity index (χ1v) is 10.0. The summed E-state index contributed by atoms with van der Waals surface area (Å²) in [5.41, 5.74) is 4.69. The van der Waals surface area contributed by atoms with E-state index in [1.54, 1.807) is 7.11 Å². The first kappa shape index (κ1) is 20.0. The monoisotopic (exact) mass is 378 g/mol. The van der Waals surface area contributed by atoms with E-state index in [2.05, 4.69) is 61.5 Å². The highest BCUT2D eigenvalue weighted by Gasteiger charge is 2.22. The van der Waals surface area contributed by atoms with Gasteiger partial charge in [0, 0.05) is 36.0 Å². The first-order valence-electron chi connectivity index (χ1n) is 10.0. The van der Waals surface area contributed by atoms with E-state index in [0.29, 0.717) is 18.9 Å². The quantitative estimate of drug-likeness (QED) is 0.577. The van der Waals surface area contributed by atoms with Crippen LogP contribution in [0, 0.1) is 5.92 Å². The van der Waals surface area contributed by atoms with Gasteiger partial charge in [-0.1, -0.05) is 51.1 Å². The molecule has 1 unspecified atom stereocenters. The van der Waals surface area contributed by atoms with Gasteiger partial charge in [-0.3, -0.25) is 4.79 Å². The second-order valence-electron chi connectivity index (χ2n) is 7.67. The number of rotatable bonds is 8. The number of ether oxygens (including phenoxy) is 1. The van der Waals surface area contributed by atoms with E-state index >= 15 is 0 Å². The predicted molar refractivity (Wildman–Crippen MR) is 115 cm³/mol. The van der Waals surface area contributed by atoms with Crippen molar-refractivity contribution in [3.8, 4) is 5.75 Å². The Hall–Kier alpha value is -2.75. The maximum absolute atomic E-state index is 12.7. The average Bonchev–Trinajstić information content (AvgIpc) is 3.14. The number of H-pyrrole nitrogens is 1. The fourth-order valence-electron chi connectivity index (χ4n) is 3.66. The van der Waals surface area contributed by atoms with Gasteiger partial charge < -0.3 is 15.0 Å². The van der Waals surface area contributed by atoms with Crippen molar-refractivity contribution in [1.29, 1.82) is 0 Å². The molecular weight excluding hydrogens is 348 g/mol. The molecule has 1 heterocycles. The van der Waals surface area contributed by atoms with Gasteiger partial charge in [-0.05, 0) is 41.2 Å². The predicted octanol–water partition coefficient (Wildman–Crippen LogP) is 5.03. The van der Waals surface area contributed by atoms with Crippen molar-refractivity contribution in [2.45, 2.75) is 39.5 Å². The van der Waals surface area contributed by atoms with Gasteiger partial charge in [-0.15, -0.1) is 0 Å². The lowest BCUT2D eigenvalue weighted by atomic mass is 9.87. The number of nitrogens with one attached hydrogen (secondary N) is 2. The summed E-state index contributed by atoms with van der Waals surface area (Å²) in [5.74, 6) is 1.27. The molecule has 2 aromatic carbocycles. The maximum Gasteiger partial charge on any atom is 0.220 e. The Bertz CT molecular complexity index is 943. The number of benzene rings is 2. The number of aromatic amines is 1. The molecule has 4 heteroatoms. The molecule has 0 aliphatic carbocycles. The Morgan fingerprint density at radius 1 is 1.18 bits per heavy atom. The topological polar surface area (TPSA) is 54.1 Å². The van der Waals surface area contributed by atoms with E-state index in [4.69, 9.17) is 4.74 Å². The van der Waals surface area contributed by atoms with Crippen LogP contribution in [0.25, 0.3) is 10.9 Å². The molecule has 0 bridgehead atoms. The molecule has 3 rings (SSSR count). The van der Waals surface area contributed by atoms with Gasteiger partial charge in [-0.2, -0.15) is 0 Å². The molecule has 1 amide bonds. The smallest absolute Gasteiger partial charge is 0.220 e. The summed E-state index contributed by atoms with van der Waals surface area (Å²) in [4.78, 5) is 16.1. The van der Waals surface area contributed by atoms with Crippen molar-refractivity contribution in [3.05, 3.63) is 65.4 Å². The minimum absolute atomic E-state index is 0.0388. The fourth-order valence-corrected chi connectivity index (χ4v) is 3.66. The summed E-state index contributed by atoms with van der Waals surface area (Å²) in [6, 6.07) is 14.4. The van der Waals surface area contributed by atoms with Gasteiger partial charge >= 0.3 is 0 Å². The van der Waals surface area contributed by atoms with Crippen LogP contribution in [0.15, 0.2) is 48.7 Å². The molecule has 0 fully saturated rings. The number of hydrogen-bond acceptors (Lipinski definition) is 2. The molecule has 0 aliphatic heterocycles. The molecular formula is C24H30N2O2. The number of methoxy groups -OCH3 is 1. The lowest BCUT2D eigenvalue weighted by molar-refractivity contribution is -0.121. The zero-order valence-electron chi connectivity index (χ0n) is 17.2. The molecule has 148 valence electrons. The highest BCUT2D eigenvalue weighted by atomic mass is 16.5. The molecule has 0 aliphatic rings. The molecule has 2 N–H and O–H groups in total. The third-order valence-corrected chi connectivity index (χ3v) is 5.18. The molecule has 0 radical (unpaired) electrons. The van der Waals surface area contributed by atoms with E-state index in [9.17, 15) is 4.79 Å². The Labute approximate surface area is 167 Å². The lowest BCUT2D eigenvalue weighted by Crippen LogP contribution is -2.28. The zero-order chi connectivity index (χ0) is 20.1. The lowest BCUT2D eigenvalue weighted by Gasteiger charge is -2.18. The number of hydrogen-bond donors (Lipinski definition) is 2. The maximum atomic E-state index is 12.7. The summed E-state index contributed by atoms with van der Waals surface area (Å²) in [6.45, 7) is 7.06. The van der Waals surface area contributed by atoms with Crippen LogP contribution >= 0.6 is 0 Å². The van der Waals surface area contributed by atoms with Crippen molar-refractivity contribution in [1.82, 2.24) is 10.3 Å². The number of para-hydroxylation sites is 1. The highest BCUT2D eigenvalue weighted by molar-refractivity contribution is 5.88. The summed E-state index contributed by atoms with van der Waals surface area (Å²) >= 11 is 0. The molecule has 3 aromatic rings. The second kappa shape index (κ2) is 8.96. The van der Waals surface area contributed by atoms with Crippen LogP contribution in [0.5, 0.6) is 5.75 Å². The Balaban J connectivity index is 2.02. The normalized spacial score (nSPS) is 12.3. The summed E-state index contributed by atoms with van der Waals surface area (Å²) < 4.78 is 5.42. The van der Waals surface area contributed by atoms with Gasteiger partial charge in [0.1, 0.15) is 5.75 Å². The van der Waals surface area contributed by atoms with Crippen LogP contribution in [0.1, 0.15) is 49.8 Å². The van der Waals surface area contributed by atoms with Crippen molar-refractivity contribution >= 4 is 16.8 Å². The largest absolute Gasteiger partial charge is 0.497 e. The molecule has 28 heavy (non-hydrogen) atoms. The van der Waals surface area contributed by atoms with E-state index in [-0.39, 0.29) is 11.8 Å². The molecule has 1 aromatic heterocycles. The van der Waals surface area contributed by atoms with Crippen molar-refractivity contribution in [3.63, 3.8) is 0 Å². The molecule has 0 saturated carbocycles. The summed E-state index contributed by atoms with van der Waals surface area (Å²) in [6.07, 6.45) is 3.43. The standard InChI is InChI=1S/C24H30N2O2/c1-5-17-8-7-11-20-22(15-26-24(17)20)21(13-23(27)25-14-16(2)3)18-9-6-10-19(12-18)28-4/h6-12,15-16,21,26H,5,13-14H2,1-4H3,(H,25,27). The van der Waals surface area contributed by atoms with Crippen LogP contribution < -0.4 is 10.1 Å². The minimum Gasteiger partial charge on any atom is -0.497 e. The second-order valence-corrected chi connectivity index (χ2v) is 7.67. The number of fused-ring (bicyclic) bond motifs is 1. The van der Waals surface area contributed by atoms with E-state index in [1.807, 2.05) is 18.2 Å². The first-order chi connectivity index (χ1) is 13.5. The Morgan fingerprint density at radius 2 is 1.96 bits per heavy atom. The summed E-state index contributed by atoms with van der Waals surface area (Å²) in [5, 5.41) is 4.25. The molecule has 1 atom stereocenters. The van der Waals surface area contributed by atoms with Crippen LogP contribution in [0.4, 0.5) is 0 Å². The molecule has 0 saturated heterocycles. The molecule has 4 nitrogen and oxygen atoms in total. The highest BCUT2D eigenvalue weighted by Crippen LogP contribution is 2.35.